The second-order valence-electron chi connectivity index (χ2n) is 4.18. The van der Waals surface area contributed by atoms with Gasteiger partial charge in [-0.3, -0.25) is 4.98 Å². The van der Waals surface area contributed by atoms with E-state index in [1.54, 1.807) is 18.6 Å². The summed E-state index contributed by atoms with van der Waals surface area (Å²) in [4.78, 5) is 10.2. The first-order valence-corrected chi connectivity index (χ1v) is 4.85. The van der Waals surface area contributed by atoms with E-state index in [1.807, 2.05) is 18.7 Å². The molecule has 0 atom stereocenters. The molecule has 76 valence electrons. The van der Waals surface area contributed by atoms with Gasteiger partial charge in [0.05, 0.1) is 19.3 Å². The highest BCUT2D eigenvalue weighted by molar-refractivity contribution is 5.41. The van der Waals surface area contributed by atoms with Crippen molar-refractivity contribution in [3.05, 3.63) is 18.6 Å². The average Bonchev–Trinajstić information content (AvgIpc) is 2.14. The lowest BCUT2D eigenvalue weighted by Crippen LogP contribution is -2.65. The van der Waals surface area contributed by atoms with Crippen LogP contribution in [0.1, 0.15) is 13.8 Å². The van der Waals surface area contributed by atoms with Gasteiger partial charge < -0.3 is 10.0 Å². The molecule has 1 saturated heterocycles. The number of hydrogen-bond acceptors (Lipinski definition) is 4. The van der Waals surface area contributed by atoms with Crippen LogP contribution in [0.5, 0.6) is 0 Å². The number of aromatic nitrogens is 2. The molecule has 1 aliphatic heterocycles. The van der Waals surface area contributed by atoms with E-state index in [4.69, 9.17) is 0 Å². The van der Waals surface area contributed by atoms with Crippen LogP contribution in [0, 0.1) is 5.92 Å². The summed E-state index contributed by atoms with van der Waals surface area (Å²) >= 11 is 0. The Hall–Kier alpha value is -1.16. The standard InChI is InChI=1S/C10H15N3O/c1-8(2)10(14)6-13(7-10)9-5-11-3-4-12-9/h3-5,8,14H,6-7H2,1-2H3. The second-order valence-corrected chi connectivity index (χ2v) is 4.18. The minimum Gasteiger partial charge on any atom is -0.386 e. The van der Waals surface area contributed by atoms with Gasteiger partial charge >= 0.3 is 0 Å². The van der Waals surface area contributed by atoms with Gasteiger partial charge in [0.1, 0.15) is 11.4 Å². The van der Waals surface area contributed by atoms with E-state index < -0.39 is 5.60 Å². The summed E-state index contributed by atoms with van der Waals surface area (Å²) in [7, 11) is 0. The van der Waals surface area contributed by atoms with E-state index in [0.29, 0.717) is 13.1 Å². The molecule has 2 heterocycles. The lowest BCUT2D eigenvalue weighted by atomic mass is 9.83. The second kappa shape index (κ2) is 3.20. The number of β-amino-alcohol motifs (C(OH)–C–C–N with tert-alkyl or cyclic N) is 1. The molecule has 0 saturated carbocycles. The van der Waals surface area contributed by atoms with Crippen molar-refractivity contribution < 1.29 is 5.11 Å². The third-order valence-electron chi connectivity index (χ3n) is 2.88. The van der Waals surface area contributed by atoms with E-state index >= 15 is 0 Å². The zero-order valence-corrected chi connectivity index (χ0v) is 8.51. The normalized spacial score (nSPS) is 19.6. The van der Waals surface area contributed by atoms with Crippen molar-refractivity contribution in [1.29, 1.82) is 0 Å². The average molecular weight is 193 g/mol. The van der Waals surface area contributed by atoms with Crippen LogP contribution < -0.4 is 4.90 Å². The molecule has 1 aromatic heterocycles. The highest BCUT2D eigenvalue weighted by atomic mass is 16.3. The summed E-state index contributed by atoms with van der Waals surface area (Å²) in [5.41, 5.74) is -0.544. The van der Waals surface area contributed by atoms with E-state index in [1.165, 1.54) is 0 Å². The Morgan fingerprint density at radius 3 is 2.64 bits per heavy atom. The molecule has 4 heteroatoms. The van der Waals surface area contributed by atoms with Crippen molar-refractivity contribution in [3.8, 4) is 0 Å². The number of aliphatic hydroxyl groups is 1. The van der Waals surface area contributed by atoms with Crippen LogP contribution in [0.3, 0.4) is 0 Å². The third kappa shape index (κ3) is 1.46. The highest BCUT2D eigenvalue weighted by Gasteiger charge is 2.44. The fourth-order valence-electron chi connectivity index (χ4n) is 1.60. The van der Waals surface area contributed by atoms with Gasteiger partial charge in [-0.25, -0.2) is 4.98 Å². The Labute approximate surface area is 83.6 Å². The molecular weight excluding hydrogens is 178 g/mol. The molecule has 4 nitrogen and oxygen atoms in total. The maximum Gasteiger partial charge on any atom is 0.147 e. The lowest BCUT2D eigenvalue weighted by molar-refractivity contribution is -0.0304. The molecule has 1 aromatic rings. The predicted molar refractivity (Wildman–Crippen MR) is 54.0 cm³/mol. The van der Waals surface area contributed by atoms with Crippen LogP contribution in [0.2, 0.25) is 0 Å². The van der Waals surface area contributed by atoms with Crippen molar-refractivity contribution in [3.63, 3.8) is 0 Å². The Bertz CT molecular complexity index is 306. The molecule has 0 radical (unpaired) electrons. The van der Waals surface area contributed by atoms with E-state index in [2.05, 4.69) is 9.97 Å². The first kappa shape index (κ1) is 9.40. The van der Waals surface area contributed by atoms with Crippen LogP contribution in [-0.4, -0.2) is 33.8 Å². The summed E-state index contributed by atoms with van der Waals surface area (Å²) in [6.07, 6.45) is 5.04. The maximum atomic E-state index is 10.0. The van der Waals surface area contributed by atoms with Crippen molar-refractivity contribution in [2.45, 2.75) is 19.4 Å². The summed E-state index contributed by atoms with van der Waals surface area (Å²) in [6, 6.07) is 0. The fraction of sp³-hybridized carbons (Fsp3) is 0.600. The molecule has 1 fully saturated rings. The van der Waals surface area contributed by atoms with E-state index in [9.17, 15) is 5.11 Å². The van der Waals surface area contributed by atoms with Crippen LogP contribution in [-0.2, 0) is 0 Å². The molecule has 0 unspecified atom stereocenters. The first-order valence-electron chi connectivity index (χ1n) is 4.85. The van der Waals surface area contributed by atoms with Gasteiger partial charge in [0, 0.05) is 12.4 Å². The molecule has 0 aromatic carbocycles. The SMILES string of the molecule is CC(C)C1(O)CN(c2cnccn2)C1. The molecule has 0 amide bonds. The largest absolute Gasteiger partial charge is 0.386 e. The van der Waals surface area contributed by atoms with Crippen LogP contribution >= 0.6 is 0 Å². The smallest absolute Gasteiger partial charge is 0.147 e. The molecule has 1 aliphatic rings. The molecule has 0 aliphatic carbocycles. The van der Waals surface area contributed by atoms with Gasteiger partial charge in [0.15, 0.2) is 0 Å². The number of nitrogens with zero attached hydrogens (tertiary/aromatic N) is 3. The number of hydrogen-bond donors (Lipinski definition) is 1. The molecule has 1 N–H and O–H groups in total. The summed E-state index contributed by atoms with van der Waals surface area (Å²) < 4.78 is 0. The monoisotopic (exact) mass is 193 g/mol. The first-order chi connectivity index (χ1) is 6.62. The summed E-state index contributed by atoms with van der Waals surface area (Å²) in [6.45, 7) is 5.38. The third-order valence-corrected chi connectivity index (χ3v) is 2.88. The van der Waals surface area contributed by atoms with E-state index in [-0.39, 0.29) is 5.92 Å². The Kier molecular flexibility index (Phi) is 2.15. The van der Waals surface area contributed by atoms with Gasteiger partial charge in [0.25, 0.3) is 0 Å². The fourth-order valence-corrected chi connectivity index (χ4v) is 1.60. The summed E-state index contributed by atoms with van der Waals surface area (Å²) in [5, 5.41) is 10.0. The minimum atomic E-state index is -0.544. The van der Waals surface area contributed by atoms with Crippen molar-refractivity contribution in [2.24, 2.45) is 5.92 Å². The van der Waals surface area contributed by atoms with Crippen molar-refractivity contribution in [2.75, 3.05) is 18.0 Å². The molecule has 0 bridgehead atoms. The van der Waals surface area contributed by atoms with E-state index in [0.717, 1.165) is 5.82 Å². The van der Waals surface area contributed by atoms with Crippen molar-refractivity contribution in [1.82, 2.24) is 9.97 Å². The Morgan fingerprint density at radius 2 is 2.14 bits per heavy atom. The van der Waals surface area contributed by atoms with Gasteiger partial charge in [-0.1, -0.05) is 13.8 Å². The van der Waals surface area contributed by atoms with Gasteiger partial charge in [-0.15, -0.1) is 0 Å². The lowest BCUT2D eigenvalue weighted by Gasteiger charge is -2.49. The quantitative estimate of drug-likeness (QED) is 0.750. The molecule has 0 spiro atoms. The van der Waals surface area contributed by atoms with Gasteiger partial charge in [-0.2, -0.15) is 0 Å². The molecule has 14 heavy (non-hydrogen) atoms. The highest BCUT2D eigenvalue weighted by Crippen LogP contribution is 2.31. The molecule has 2 rings (SSSR count). The minimum absolute atomic E-state index is 0.287. The van der Waals surface area contributed by atoms with Gasteiger partial charge in [0.2, 0.25) is 0 Å². The zero-order valence-electron chi connectivity index (χ0n) is 8.51. The predicted octanol–water partition coefficient (Wildman–Crippen LogP) is 0.684. The van der Waals surface area contributed by atoms with Crippen LogP contribution in [0.25, 0.3) is 0 Å². The number of rotatable bonds is 2. The topological polar surface area (TPSA) is 49.2 Å². The Balaban J connectivity index is 2.02. The van der Waals surface area contributed by atoms with Crippen LogP contribution in [0.4, 0.5) is 5.82 Å². The molecular formula is C10H15N3O. The number of anilines is 1. The van der Waals surface area contributed by atoms with Gasteiger partial charge in [-0.05, 0) is 5.92 Å². The van der Waals surface area contributed by atoms with Crippen molar-refractivity contribution >= 4 is 5.82 Å². The summed E-state index contributed by atoms with van der Waals surface area (Å²) in [5.74, 6) is 1.13. The maximum absolute atomic E-state index is 10.0. The zero-order chi connectivity index (χ0) is 10.2. The Morgan fingerprint density at radius 1 is 1.43 bits per heavy atom. The van der Waals surface area contributed by atoms with Crippen LogP contribution in [0.15, 0.2) is 18.6 Å².